The third kappa shape index (κ3) is 4.01. The zero-order valence-corrected chi connectivity index (χ0v) is 16.8. The summed E-state index contributed by atoms with van der Waals surface area (Å²) in [5.74, 6) is -1.63. The molecule has 4 rings (SSSR count). The molecule has 6 N–H and O–H groups in total. The van der Waals surface area contributed by atoms with E-state index in [1.54, 1.807) is 12.3 Å². The number of hydrogen-bond acceptors (Lipinski definition) is 8. The second-order valence-corrected chi connectivity index (χ2v) is 7.72. The zero-order chi connectivity index (χ0) is 22.0. The van der Waals surface area contributed by atoms with Crippen LogP contribution in [0.25, 0.3) is 0 Å². The van der Waals surface area contributed by atoms with Gasteiger partial charge >= 0.3 is 0 Å². The second-order valence-electron chi connectivity index (χ2n) is 7.72. The predicted molar refractivity (Wildman–Crippen MR) is 114 cm³/mol. The first-order chi connectivity index (χ1) is 15.0. The van der Waals surface area contributed by atoms with Crippen LogP contribution in [0.15, 0.2) is 59.7 Å². The third-order valence-corrected chi connectivity index (χ3v) is 5.71. The highest BCUT2D eigenvalue weighted by molar-refractivity contribution is 5.74. The molecular weight excluding hydrogens is 400 g/mol. The molecule has 164 valence electrons. The Hall–Kier alpha value is -2.59. The lowest BCUT2D eigenvalue weighted by atomic mass is 9.86. The maximum Gasteiger partial charge on any atom is 0.225 e. The first-order valence-corrected chi connectivity index (χ1v) is 10.1. The number of ether oxygens (including phenoxy) is 2. The Bertz CT molecular complexity index is 975. The van der Waals surface area contributed by atoms with Gasteiger partial charge in [0, 0.05) is 11.8 Å². The number of rotatable bonds is 5. The molecule has 0 bridgehead atoms. The van der Waals surface area contributed by atoms with Gasteiger partial charge in [-0.15, -0.1) is 0 Å². The molecule has 0 radical (unpaired) electrons. The first kappa shape index (κ1) is 21.6. The quantitative estimate of drug-likeness (QED) is 0.442. The molecule has 5 atom stereocenters. The van der Waals surface area contributed by atoms with E-state index in [1.165, 1.54) is 6.20 Å². The molecule has 0 saturated carbocycles. The van der Waals surface area contributed by atoms with E-state index in [2.05, 4.69) is 4.99 Å². The van der Waals surface area contributed by atoms with Gasteiger partial charge in [-0.25, -0.2) is 0 Å². The fourth-order valence-corrected chi connectivity index (χ4v) is 4.04. The lowest BCUT2D eigenvalue weighted by Gasteiger charge is -2.46. The Morgan fingerprint density at radius 3 is 2.52 bits per heavy atom. The molecule has 8 heteroatoms. The number of nitrogens with two attached hydrogens (primary N) is 1. The summed E-state index contributed by atoms with van der Waals surface area (Å²) in [6, 6.07) is 13.5. The summed E-state index contributed by atoms with van der Waals surface area (Å²) in [4.78, 5) is 4.27. The topological polar surface area (TPSA) is 138 Å². The molecule has 0 amide bonds. The molecule has 1 fully saturated rings. The van der Waals surface area contributed by atoms with E-state index in [-0.39, 0.29) is 6.61 Å². The molecule has 2 aromatic carbocycles. The molecule has 5 unspecified atom stereocenters. The normalized spacial score (nSPS) is 30.5. The van der Waals surface area contributed by atoms with Crippen molar-refractivity contribution in [1.29, 1.82) is 0 Å². The fraction of sp³-hybridized carbons (Fsp3) is 0.348. The number of aliphatic hydroxyl groups is 4. The lowest BCUT2D eigenvalue weighted by Crippen LogP contribution is -2.63. The van der Waals surface area contributed by atoms with Crippen molar-refractivity contribution in [1.82, 2.24) is 0 Å². The molecule has 1 spiro atoms. The van der Waals surface area contributed by atoms with Crippen molar-refractivity contribution in [3.63, 3.8) is 0 Å². The number of aliphatic hydroxyl groups excluding tert-OH is 4. The highest BCUT2D eigenvalue weighted by atomic mass is 16.7. The number of hydrogen-bond donors (Lipinski definition) is 5. The molecule has 2 aromatic rings. The predicted octanol–water partition coefficient (Wildman–Crippen LogP) is 0.609. The minimum Gasteiger partial charge on any atom is -0.405 e. The minimum atomic E-state index is -1.63. The maximum absolute atomic E-state index is 10.7. The largest absolute Gasteiger partial charge is 0.405 e. The summed E-state index contributed by atoms with van der Waals surface area (Å²) in [5, 5.41) is 40.6. The summed E-state index contributed by atoms with van der Waals surface area (Å²) in [7, 11) is 0. The van der Waals surface area contributed by atoms with Crippen molar-refractivity contribution in [2.45, 2.75) is 43.2 Å². The SMILES string of the molecule is NC=CC=Nc1ccc(Cc2ccc3c(c2)C2(OC3)OC(CO)C(O)C(O)C2O)cc1. The fourth-order valence-electron chi connectivity index (χ4n) is 4.04. The molecule has 1 saturated heterocycles. The van der Waals surface area contributed by atoms with Crippen LogP contribution in [-0.2, 0) is 28.3 Å². The van der Waals surface area contributed by atoms with Crippen LogP contribution in [0.3, 0.4) is 0 Å². The van der Waals surface area contributed by atoms with Gasteiger partial charge in [0.05, 0.1) is 18.9 Å². The highest BCUT2D eigenvalue weighted by Crippen LogP contribution is 2.46. The number of nitrogens with zero attached hydrogens (tertiary/aromatic N) is 1. The molecule has 31 heavy (non-hydrogen) atoms. The van der Waals surface area contributed by atoms with Crippen LogP contribution >= 0.6 is 0 Å². The van der Waals surface area contributed by atoms with E-state index in [9.17, 15) is 20.4 Å². The van der Waals surface area contributed by atoms with E-state index in [1.807, 2.05) is 42.5 Å². The van der Waals surface area contributed by atoms with Crippen molar-refractivity contribution < 1.29 is 29.9 Å². The Labute approximate surface area is 179 Å². The molecular formula is C23H26N2O6. The zero-order valence-electron chi connectivity index (χ0n) is 16.8. The van der Waals surface area contributed by atoms with Crippen molar-refractivity contribution in [3.8, 4) is 0 Å². The Kier molecular flexibility index (Phi) is 6.19. The Morgan fingerprint density at radius 1 is 1.06 bits per heavy atom. The van der Waals surface area contributed by atoms with Gasteiger partial charge in [-0.3, -0.25) is 4.99 Å². The molecule has 2 aliphatic heterocycles. The minimum absolute atomic E-state index is 0.192. The smallest absolute Gasteiger partial charge is 0.225 e. The van der Waals surface area contributed by atoms with E-state index >= 15 is 0 Å². The van der Waals surface area contributed by atoms with E-state index in [0.717, 1.165) is 22.4 Å². The van der Waals surface area contributed by atoms with Crippen molar-refractivity contribution in [2.24, 2.45) is 10.7 Å². The summed E-state index contributed by atoms with van der Waals surface area (Å²) in [6.07, 6.45) is -0.189. The highest BCUT2D eigenvalue weighted by Gasteiger charge is 2.58. The molecule has 0 aliphatic carbocycles. The molecule has 2 heterocycles. The van der Waals surface area contributed by atoms with E-state index < -0.39 is 36.8 Å². The summed E-state index contributed by atoms with van der Waals surface area (Å²) in [6.45, 7) is -0.321. The average molecular weight is 426 g/mol. The third-order valence-electron chi connectivity index (χ3n) is 5.71. The monoisotopic (exact) mass is 426 g/mol. The van der Waals surface area contributed by atoms with Gasteiger partial charge in [0.25, 0.3) is 0 Å². The standard InChI is InChI=1S/C23H26N2O6/c24-8-1-9-25-17-6-3-14(4-7-17)10-15-2-5-16-13-30-23(18(16)11-15)22(29)21(28)20(27)19(12-26)31-23/h1-9,11,19-22,26-29H,10,12-13,24H2. The number of fused-ring (bicyclic) bond motifs is 2. The molecule has 2 aliphatic rings. The van der Waals surface area contributed by atoms with E-state index in [0.29, 0.717) is 12.0 Å². The van der Waals surface area contributed by atoms with Crippen LogP contribution in [0, 0.1) is 0 Å². The molecule has 0 aromatic heterocycles. The van der Waals surface area contributed by atoms with Gasteiger partial charge < -0.3 is 35.6 Å². The van der Waals surface area contributed by atoms with Crippen molar-refractivity contribution >= 4 is 11.9 Å². The van der Waals surface area contributed by atoms with Crippen LogP contribution in [-0.4, -0.2) is 57.7 Å². The van der Waals surface area contributed by atoms with Crippen molar-refractivity contribution in [2.75, 3.05) is 6.61 Å². The number of aliphatic imine (C=N–C) groups is 1. The maximum atomic E-state index is 10.7. The van der Waals surface area contributed by atoms with Gasteiger partial charge in [0.15, 0.2) is 0 Å². The number of allylic oxidation sites excluding steroid dienone is 1. The Balaban J connectivity index is 1.59. The molecule has 8 nitrogen and oxygen atoms in total. The van der Waals surface area contributed by atoms with Gasteiger partial charge in [0.2, 0.25) is 5.79 Å². The second kappa shape index (κ2) is 8.88. The van der Waals surface area contributed by atoms with Crippen LogP contribution < -0.4 is 5.73 Å². The average Bonchev–Trinajstić information content (AvgIpc) is 3.15. The van der Waals surface area contributed by atoms with Crippen LogP contribution in [0.5, 0.6) is 0 Å². The van der Waals surface area contributed by atoms with Gasteiger partial charge in [-0.2, -0.15) is 0 Å². The van der Waals surface area contributed by atoms with Crippen LogP contribution in [0.2, 0.25) is 0 Å². The Morgan fingerprint density at radius 2 is 1.81 bits per heavy atom. The first-order valence-electron chi connectivity index (χ1n) is 10.1. The summed E-state index contributed by atoms with van der Waals surface area (Å²) >= 11 is 0. The van der Waals surface area contributed by atoms with Gasteiger partial charge in [-0.05, 0) is 53.6 Å². The van der Waals surface area contributed by atoms with Gasteiger partial charge in [-0.1, -0.05) is 24.3 Å². The van der Waals surface area contributed by atoms with Crippen LogP contribution in [0.4, 0.5) is 5.69 Å². The lowest BCUT2D eigenvalue weighted by molar-refractivity contribution is -0.368. The van der Waals surface area contributed by atoms with E-state index in [4.69, 9.17) is 15.2 Å². The van der Waals surface area contributed by atoms with Crippen LogP contribution in [0.1, 0.15) is 22.3 Å². The van der Waals surface area contributed by atoms with Crippen molar-refractivity contribution in [3.05, 3.63) is 77.0 Å². The summed E-state index contributed by atoms with van der Waals surface area (Å²) < 4.78 is 11.6. The van der Waals surface area contributed by atoms with Gasteiger partial charge in [0.1, 0.15) is 24.4 Å². The number of benzene rings is 2. The summed E-state index contributed by atoms with van der Waals surface area (Å²) in [5.41, 5.74) is 9.54.